The summed E-state index contributed by atoms with van der Waals surface area (Å²) in [6.45, 7) is 1.80. The molecule has 0 amide bonds. The fraction of sp³-hybridized carbons (Fsp3) is 0.211. The zero-order valence-corrected chi connectivity index (χ0v) is 18.7. The summed E-state index contributed by atoms with van der Waals surface area (Å²) < 4.78 is 38.9. The Morgan fingerprint density at radius 3 is 2.43 bits per heavy atom. The SMILES string of the molecule is Cc1nn(-c2ccc(C(F)(F)F)cc2)nc1CSc1ccc(SCC(=O)O)c(Br)c1. The van der Waals surface area contributed by atoms with Crippen molar-refractivity contribution in [1.82, 2.24) is 15.0 Å². The maximum atomic E-state index is 12.7. The highest BCUT2D eigenvalue weighted by Gasteiger charge is 2.30. The van der Waals surface area contributed by atoms with Gasteiger partial charge in [-0.15, -0.1) is 23.5 Å². The molecule has 11 heteroatoms. The topological polar surface area (TPSA) is 68.0 Å². The van der Waals surface area contributed by atoms with Crippen LogP contribution in [0.1, 0.15) is 17.0 Å². The number of carboxylic acids is 1. The maximum absolute atomic E-state index is 12.7. The van der Waals surface area contributed by atoms with Crippen LogP contribution in [0.2, 0.25) is 0 Å². The number of halogens is 4. The molecule has 0 fully saturated rings. The number of hydrogen-bond acceptors (Lipinski definition) is 5. The van der Waals surface area contributed by atoms with E-state index in [2.05, 4.69) is 26.1 Å². The largest absolute Gasteiger partial charge is 0.481 e. The first-order valence-corrected chi connectivity index (χ1v) is 11.3. The summed E-state index contributed by atoms with van der Waals surface area (Å²) in [5, 5.41) is 17.5. The predicted octanol–water partition coefficient (Wildman–Crippen LogP) is 5.83. The molecular weight excluding hydrogens is 503 g/mol. The van der Waals surface area contributed by atoms with Crippen molar-refractivity contribution in [3.8, 4) is 5.69 Å². The minimum atomic E-state index is -4.39. The van der Waals surface area contributed by atoms with Crippen LogP contribution in [0.15, 0.2) is 56.7 Å². The van der Waals surface area contributed by atoms with Crippen molar-refractivity contribution in [3.63, 3.8) is 0 Å². The molecule has 0 spiro atoms. The van der Waals surface area contributed by atoms with E-state index in [0.717, 1.165) is 32.1 Å². The molecule has 2 aromatic carbocycles. The van der Waals surface area contributed by atoms with Gasteiger partial charge >= 0.3 is 12.1 Å². The summed E-state index contributed by atoms with van der Waals surface area (Å²) >= 11 is 6.21. The molecule has 158 valence electrons. The van der Waals surface area contributed by atoms with Crippen LogP contribution >= 0.6 is 39.5 Å². The molecule has 0 aliphatic carbocycles. The van der Waals surface area contributed by atoms with Gasteiger partial charge in [0.2, 0.25) is 0 Å². The van der Waals surface area contributed by atoms with Gasteiger partial charge in [0.05, 0.1) is 28.4 Å². The Morgan fingerprint density at radius 2 is 1.83 bits per heavy atom. The molecule has 5 nitrogen and oxygen atoms in total. The van der Waals surface area contributed by atoms with E-state index >= 15 is 0 Å². The molecule has 0 bridgehead atoms. The number of hydrogen-bond donors (Lipinski definition) is 1. The van der Waals surface area contributed by atoms with Gasteiger partial charge in [0.1, 0.15) is 0 Å². The summed E-state index contributed by atoms with van der Waals surface area (Å²) in [6, 6.07) is 10.3. The van der Waals surface area contributed by atoms with Gasteiger partial charge < -0.3 is 5.11 Å². The van der Waals surface area contributed by atoms with Gasteiger partial charge in [0.25, 0.3) is 0 Å². The lowest BCUT2D eigenvalue weighted by atomic mass is 10.2. The van der Waals surface area contributed by atoms with E-state index < -0.39 is 17.7 Å². The van der Waals surface area contributed by atoms with E-state index in [9.17, 15) is 18.0 Å². The third-order valence-corrected chi connectivity index (χ3v) is 6.92. The van der Waals surface area contributed by atoms with Crippen molar-refractivity contribution in [2.75, 3.05) is 5.75 Å². The van der Waals surface area contributed by atoms with E-state index in [1.54, 1.807) is 6.92 Å². The predicted molar refractivity (Wildman–Crippen MR) is 113 cm³/mol. The minimum absolute atomic E-state index is 0.0165. The van der Waals surface area contributed by atoms with Crippen molar-refractivity contribution in [1.29, 1.82) is 0 Å². The molecule has 0 aliphatic heterocycles. The van der Waals surface area contributed by atoms with Crippen LogP contribution in [0.4, 0.5) is 13.2 Å². The molecule has 1 aromatic heterocycles. The lowest BCUT2D eigenvalue weighted by Crippen LogP contribution is -2.06. The molecule has 0 saturated heterocycles. The zero-order chi connectivity index (χ0) is 21.9. The molecule has 0 saturated carbocycles. The number of aliphatic carboxylic acids is 1. The first-order chi connectivity index (χ1) is 14.1. The van der Waals surface area contributed by atoms with Crippen molar-refractivity contribution in [3.05, 3.63) is 63.9 Å². The number of benzene rings is 2. The van der Waals surface area contributed by atoms with Gasteiger partial charge in [0, 0.05) is 20.0 Å². The summed E-state index contributed by atoms with van der Waals surface area (Å²) in [5.74, 6) is -0.366. The molecule has 1 N–H and O–H groups in total. The Morgan fingerprint density at radius 1 is 1.13 bits per heavy atom. The summed E-state index contributed by atoms with van der Waals surface area (Å²) in [6.07, 6.45) is -4.39. The second kappa shape index (κ2) is 9.44. The molecular formula is C19H15BrF3N3O2S2. The van der Waals surface area contributed by atoms with Gasteiger partial charge in [-0.05, 0) is 65.3 Å². The number of rotatable bonds is 7. The van der Waals surface area contributed by atoms with Crippen LogP contribution < -0.4 is 0 Å². The second-order valence-electron chi connectivity index (χ2n) is 6.13. The molecule has 0 unspecified atom stereocenters. The van der Waals surface area contributed by atoms with Crippen molar-refractivity contribution >= 4 is 45.4 Å². The summed E-state index contributed by atoms with van der Waals surface area (Å²) in [4.78, 5) is 13.8. The quantitative estimate of drug-likeness (QED) is 0.398. The highest BCUT2D eigenvalue weighted by molar-refractivity contribution is 9.10. The first-order valence-electron chi connectivity index (χ1n) is 8.51. The van der Waals surface area contributed by atoms with Crippen LogP contribution in [0.3, 0.4) is 0 Å². The minimum Gasteiger partial charge on any atom is -0.481 e. The monoisotopic (exact) mass is 517 g/mol. The van der Waals surface area contributed by atoms with E-state index in [1.807, 2.05) is 18.2 Å². The second-order valence-corrected chi connectivity index (χ2v) is 9.05. The van der Waals surface area contributed by atoms with Crippen LogP contribution in [0.5, 0.6) is 0 Å². The lowest BCUT2D eigenvalue weighted by Gasteiger charge is -2.07. The van der Waals surface area contributed by atoms with Crippen LogP contribution in [-0.2, 0) is 16.7 Å². The normalized spacial score (nSPS) is 11.6. The lowest BCUT2D eigenvalue weighted by molar-refractivity contribution is -0.137. The molecule has 0 radical (unpaired) electrons. The highest BCUT2D eigenvalue weighted by atomic mass is 79.9. The molecule has 0 aliphatic rings. The number of thioether (sulfide) groups is 2. The number of alkyl halides is 3. The Kier molecular flexibility index (Phi) is 7.14. The van der Waals surface area contributed by atoms with Crippen molar-refractivity contribution < 1.29 is 23.1 Å². The number of aromatic nitrogens is 3. The molecule has 30 heavy (non-hydrogen) atoms. The summed E-state index contributed by atoms with van der Waals surface area (Å²) in [5.41, 5.74) is 1.14. The molecule has 1 heterocycles. The van der Waals surface area contributed by atoms with Gasteiger partial charge in [-0.2, -0.15) is 28.2 Å². The van der Waals surface area contributed by atoms with Gasteiger partial charge in [-0.3, -0.25) is 4.79 Å². The highest BCUT2D eigenvalue weighted by Crippen LogP contribution is 2.33. The van der Waals surface area contributed by atoms with Gasteiger partial charge in [-0.1, -0.05) is 0 Å². The van der Waals surface area contributed by atoms with E-state index in [1.165, 1.54) is 40.5 Å². The number of carbonyl (C=O) groups is 1. The molecule has 3 rings (SSSR count). The average molecular weight is 518 g/mol. The van der Waals surface area contributed by atoms with Crippen LogP contribution in [0, 0.1) is 6.92 Å². The Bertz CT molecular complexity index is 1060. The zero-order valence-electron chi connectivity index (χ0n) is 15.5. The first kappa shape index (κ1) is 22.7. The Hall–Kier alpha value is -1.98. The van der Waals surface area contributed by atoms with Crippen LogP contribution in [-0.4, -0.2) is 31.8 Å². The van der Waals surface area contributed by atoms with Crippen molar-refractivity contribution in [2.45, 2.75) is 28.6 Å². The number of nitrogens with zero attached hydrogens (tertiary/aromatic N) is 3. The third kappa shape index (κ3) is 5.79. The Labute approximate surface area is 187 Å². The fourth-order valence-electron chi connectivity index (χ4n) is 2.42. The molecule has 0 atom stereocenters. The van der Waals surface area contributed by atoms with E-state index in [4.69, 9.17) is 5.11 Å². The maximum Gasteiger partial charge on any atom is 0.416 e. The van der Waals surface area contributed by atoms with Gasteiger partial charge in [-0.25, -0.2) is 0 Å². The Balaban J connectivity index is 1.68. The number of carboxylic acid groups (broad SMARTS) is 1. The van der Waals surface area contributed by atoms with Crippen LogP contribution in [0.25, 0.3) is 5.69 Å². The molecule has 3 aromatic rings. The van der Waals surface area contributed by atoms with E-state index in [-0.39, 0.29) is 5.75 Å². The smallest absolute Gasteiger partial charge is 0.416 e. The fourth-order valence-corrected chi connectivity index (χ4v) is 4.87. The van der Waals surface area contributed by atoms with Crippen molar-refractivity contribution in [2.24, 2.45) is 0 Å². The van der Waals surface area contributed by atoms with E-state index in [0.29, 0.717) is 17.1 Å². The van der Waals surface area contributed by atoms with Gasteiger partial charge in [0.15, 0.2) is 0 Å². The average Bonchev–Trinajstić information content (AvgIpc) is 3.05. The summed E-state index contributed by atoms with van der Waals surface area (Å²) in [7, 11) is 0. The standard InChI is InChI=1S/C19H15BrF3N3O2S2/c1-11-16(9-29-14-6-7-17(15(20)8-14)30-10-18(27)28)25-26(24-11)13-4-2-12(3-5-13)19(21,22)23/h2-8H,9-10H2,1H3,(H,27,28). The number of aryl methyl sites for hydroxylation is 1. The third-order valence-electron chi connectivity index (χ3n) is 3.93.